The van der Waals surface area contributed by atoms with Crippen LogP contribution in [-0.2, 0) is 9.47 Å². The summed E-state index contributed by atoms with van der Waals surface area (Å²) in [5, 5.41) is 0. The Bertz CT molecular complexity index is 188. The third-order valence-corrected chi connectivity index (χ3v) is 4.09. The Morgan fingerprint density at radius 2 is 1.78 bits per heavy atom. The molecule has 0 spiro atoms. The number of hydrogen-bond acceptors (Lipinski definition) is 4. The first-order valence-corrected chi connectivity index (χ1v) is 7.01. The first kappa shape index (κ1) is 17.8. The molecular weight excluding hydrogens is 228 g/mol. The molecule has 0 aromatic heterocycles. The molecule has 0 aliphatic rings. The van der Waals surface area contributed by atoms with Crippen LogP contribution in [0.1, 0.15) is 33.6 Å². The average Bonchev–Trinajstić information content (AvgIpc) is 2.40. The van der Waals surface area contributed by atoms with Crippen LogP contribution in [0.5, 0.6) is 0 Å². The quantitative estimate of drug-likeness (QED) is 0.615. The van der Waals surface area contributed by atoms with Crippen molar-refractivity contribution in [3.63, 3.8) is 0 Å². The van der Waals surface area contributed by atoms with E-state index < -0.39 is 0 Å². The fraction of sp³-hybridized carbons (Fsp3) is 1.00. The number of hydrogen-bond donors (Lipinski definition) is 1. The van der Waals surface area contributed by atoms with Crippen molar-refractivity contribution in [3.05, 3.63) is 0 Å². The molecule has 0 aliphatic carbocycles. The standard InChI is InChI=1S/C14H32N2O2/c1-6-14(7-2,11-15)12-16(8-9-17-4)13(3)10-18-5/h13H,6-12,15H2,1-5H3. The summed E-state index contributed by atoms with van der Waals surface area (Å²) < 4.78 is 10.5. The lowest BCUT2D eigenvalue weighted by molar-refractivity contribution is 0.0421. The van der Waals surface area contributed by atoms with E-state index in [1.54, 1.807) is 14.2 Å². The lowest BCUT2D eigenvalue weighted by Gasteiger charge is -2.39. The van der Waals surface area contributed by atoms with Gasteiger partial charge in [-0.3, -0.25) is 4.90 Å². The highest BCUT2D eigenvalue weighted by molar-refractivity contribution is 4.83. The molecule has 4 nitrogen and oxygen atoms in total. The summed E-state index contributed by atoms with van der Waals surface area (Å²) in [5.41, 5.74) is 6.21. The summed E-state index contributed by atoms with van der Waals surface area (Å²) in [4.78, 5) is 2.44. The minimum Gasteiger partial charge on any atom is -0.383 e. The topological polar surface area (TPSA) is 47.7 Å². The summed E-state index contributed by atoms with van der Waals surface area (Å²) in [6, 6.07) is 0.397. The monoisotopic (exact) mass is 260 g/mol. The fourth-order valence-electron chi connectivity index (χ4n) is 2.27. The molecule has 110 valence electrons. The molecule has 0 saturated carbocycles. The van der Waals surface area contributed by atoms with Gasteiger partial charge in [0, 0.05) is 33.4 Å². The van der Waals surface area contributed by atoms with Crippen LogP contribution in [-0.4, -0.2) is 58.0 Å². The van der Waals surface area contributed by atoms with E-state index in [9.17, 15) is 0 Å². The second-order valence-corrected chi connectivity index (χ2v) is 5.18. The molecule has 0 aromatic carbocycles. The first-order valence-electron chi connectivity index (χ1n) is 7.01. The van der Waals surface area contributed by atoms with Gasteiger partial charge in [-0.05, 0) is 31.7 Å². The zero-order valence-corrected chi connectivity index (χ0v) is 12.9. The summed E-state index contributed by atoms with van der Waals surface area (Å²) in [5.74, 6) is 0. The zero-order valence-electron chi connectivity index (χ0n) is 12.9. The normalized spacial score (nSPS) is 14.2. The van der Waals surface area contributed by atoms with Crippen LogP contribution in [0.15, 0.2) is 0 Å². The van der Waals surface area contributed by atoms with Gasteiger partial charge in [-0.15, -0.1) is 0 Å². The molecule has 4 heteroatoms. The molecule has 1 atom stereocenters. The zero-order chi connectivity index (χ0) is 14.0. The third-order valence-electron chi connectivity index (χ3n) is 4.09. The molecule has 0 aliphatic heterocycles. The van der Waals surface area contributed by atoms with E-state index in [2.05, 4.69) is 25.7 Å². The molecule has 0 fully saturated rings. The summed E-state index contributed by atoms with van der Waals surface area (Å²) in [6.45, 7) is 10.8. The first-order chi connectivity index (χ1) is 8.59. The Labute approximate surface area is 113 Å². The average molecular weight is 260 g/mol. The minimum absolute atomic E-state index is 0.218. The highest BCUT2D eigenvalue weighted by Crippen LogP contribution is 2.27. The third kappa shape index (κ3) is 5.65. The lowest BCUT2D eigenvalue weighted by atomic mass is 9.81. The van der Waals surface area contributed by atoms with Crippen LogP contribution in [0.4, 0.5) is 0 Å². The molecular formula is C14H32N2O2. The second kappa shape index (κ2) is 9.73. The van der Waals surface area contributed by atoms with Crippen molar-refractivity contribution in [2.45, 2.75) is 39.7 Å². The van der Waals surface area contributed by atoms with Crippen LogP contribution in [0.25, 0.3) is 0 Å². The van der Waals surface area contributed by atoms with Gasteiger partial charge in [0.25, 0.3) is 0 Å². The molecule has 2 N–H and O–H groups in total. The van der Waals surface area contributed by atoms with Gasteiger partial charge in [0.1, 0.15) is 0 Å². The predicted octanol–water partition coefficient (Wildman–Crippen LogP) is 1.73. The van der Waals surface area contributed by atoms with Crippen molar-refractivity contribution in [2.24, 2.45) is 11.1 Å². The van der Waals surface area contributed by atoms with Crippen LogP contribution in [0, 0.1) is 5.41 Å². The highest BCUT2D eigenvalue weighted by atomic mass is 16.5. The van der Waals surface area contributed by atoms with Crippen LogP contribution >= 0.6 is 0 Å². The van der Waals surface area contributed by atoms with E-state index in [0.717, 1.165) is 45.7 Å². The van der Waals surface area contributed by atoms with Crippen molar-refractivity contribution in [3.8, 4) is 0 Å². The van der Waals surface area contributed by atoms with E-state index in [1.807, 2.05) is 0 Å². The Kier molecular flexibility index (Phi) is 9.64. The van der Waals surface area contributed by atoms with Crippen LogP contribution < -0.4 is 5.73 Å². The van der Waals surface area contributed by atoms with Gasteiger partial charge < -0.3 is 15.2 Å². The molecule has 1 unspecified atom stereocenters. The van der Waals surface area contributed by atoms with Crippen LogP contribution in [0.2, 0.25) is 0 Å². The van der Waals surface area contributed by atoms with E-state index in [4.69, 9.17) is 15.2 Å². The fourth-order valence-corrected chi connectivity index (χ4v) is 2.27. The molecule has 0 bridgehead atoms. The second-order valence-electron chi connectivity index (χ2n) is 5.18. The Balaban J connectivity index is 4.62. The number of rotatable bonds is 11. The number of nitrogens with zero attached hydrogens (tertiary/aromatic N) is 1. The molecule has 0 heterocycles. The largest absolute Gasteiger partial charge is 0.383 e. The van der Waals surface area contributed by atoms with Gasteiger partial charge in [-0.1, -0.05) is 13.8 Å². The summed E-state index contributed by atoms with van der Waals surface area (Å²) in [7, 11) is 3.50. The van der Waals surface area contributed by atoms with Gasteiger partial charge in [-0.2, -0.15) is 0 Å². The summed E-state index contributed by atoms with van der Waals surface area (Å²) >= 11 is 0. The number of nitrogens with two attached hydrogens (primary N) is 1. The lowest BCUT2D eigenvalue weighted by Crippen LogP contribution is -2.48. The van der Waals surface area contributed by atoms with Gasteiger partial charge in [-0.25, -0.2) is 0 Å². The summed E-state index contributed by atoms with van der Waals surface area (Å²) in [6.07, 6.45) is 2.23. The maximum absolute atomic E-state index is 5.99. The van der Waals surface area contributed by atoms with Crippen LogP contribution in [0.3, 0.4) is 0 Å². The molecule has 0 radical (unpaired) electrons. The Morgan fingerprint density at radius 1 is 1.17 bits per heavy atom. The van der Waals surface area contributed by atoms with E-state index >= 15 is 0 Å². The van der Waals surface area contributed by atoms with E-state index in [0.29, 0.717) is 6.04 Å². The van der Waals surface area contributed by atoms with Gasteiger partial charge in [0.05, 0.1) is 13.2 Å². The Morgan fingerprint density at radius 3 is 2.17 bits per heavy atom. The molecule has 0 rings (SSSR count). The maximum Gasteiger partial charge on any atom is 0.0615 e. The van der Waals surface area contributed by atoms with Crippen molar-refractivity contribution in [1.82, 2.24) is 4.90 Å². The SMILES string of the molecule is CCC(CC)(CN)CN(CCOC)C(C)COC. The molecule has 18 heavy (non-hydrogen) atoms. The van der Waals surface area contributed by atoms with E-state index in [-0.39, 0.29) is 5.41 Å². The molecule has 0 aromatic rings. The number of methoxy groups -OCH3 is 2. The number of ether oxygens (including phenoxy) is 2. The van der Waals surface area contributed by atoms with E-state index in [1.165, 1.54) is 0 Å². The maximum atomic E-state index is 5.99. The van der Waals surface area contributed by atoms with Crippen molar-refractivity contribution < 1.29 is 9.47 Å². The van der Waals surface area contributed by atoms with Crippen molar-refractivity contribution >= 4 is 0 Å². The van der Waals surface area contributed by atoms with Crippen molar-refractivity contribution in [1.29, 1.82) is 0 Å². The van der Waals surface area contributed by atoms with Gasteiger partial charge >= 0.3 is 0 Å². The minimum atomic E-state index is 0.218. The van der Waals surface area contributed by atoms with Gasteiger partial charge in [0.2, 0.25) is 0 Å². The smallest absolute Gasteiger partial charge is 0.0615 e. The molecule has 0 saturated heterocycles. The predicted molar refractivity (Wildman–Crippen MR) is 76.9 cm³/mol. The highest BCUT2D eigenvalue weighted by Gasteiger charge is 2.29. The van der Waals surface area contributed by atoms with Gasteiger partial charge in [0.15, 0.2) is 0 Å². The molecule has 0 amide bonds. The van der Waals surface area contributed by atoms with Crippen molar-refractivity contribution in [2.75, 3.05) is 47.1 Å². The Hall–Kier alpha value is -0.160.